The molecule has 7 nitrogen and oxygen atoms in total. The van der Waals surface area contributed by atoms with E-state index in [4.69, 9.17) is 4.74 Å². The van der Waals surface area contributed by atoms with Gasteiger partial charge in [-0.25, -0.2) is 13.8 Å². The van der Waals surface area contributed by atoms with Crippen molar-refractivity contribution in [3.63, 3.8) is 0 Å². The van der Waals surface area contributed by atoms with Crippen LogP contribution in [0, 0.1) is 6.92 Å². The predicted molar refractivity (Wildman–Crippen MR) is 107 cm³/mol. The normalized spacial score (nSPS) is 11.8. The number of hydrogen-bond donors (Lipinski definition) is 1. The fourth-order valence-electron chi connectivity index (χ4n) is 2.43. The second-order valence-corrected chi connectivity index (χ2v) is 7.95. The monoisotopic (exact) mass is 389 g/mol. The Kier molecular flexibility index (Phi) is 6.57. The Labute approximate surface area is 159 Å². The highest BCUT2D eigenvalue weighted by atomic mass is 32.2. The highest BCUT2D eigenvalue weighted by Gasteiger charge is 2.24. The summed E-state index contributed by atoms with van der Waals surface area (Å²) in [4.78, 5) is 12.3. The molecule has 0 radical (unpaired) electrons. The van der Waals surface area contributed by atoms with E-state index in [0.29, 0.717) is 17.1 Å². The highest BCUT2D eigenvalue weighted by molar-refractivity contribution is 7.92. The lowest BCUT2D eigenvalue weighted by molar-refractivity contribution is -0.119. The molecule has 1 N–H and O–H groups in total. The minimum Gasteiger partial charge on any atom is -0.495 e. The van der Waals surface area contributed by atoms with E-state index in [1.165, 1.54) is 7.11 Å². The summed E-state index contributed by atoms with van der Waals surface area (Å²) in [5.41, 5.74) is 5.03. The first kappa shape index (κ1) is 20.4. The van der Waals surface area contributed by atoms with Gasteiger partial charge in [-0.05, 0) is 37.1 Å². The number of benzene rings is 2. The van der Waals surface area contributed by atoms with Crippen molar-refractivity contribution in [2.45, 2.75) is 13.8 Å². The van der Waals surface area contributed by atoms with Crippen molar-refractivity contribution < 1.29 is 17.9 Å². The molecule has 0 unspecified atom stereocenters. The lowest BCUT2D eigenvalue weighted by Crippen LogP contribution is -2.39. The van der Waals surface area contributed by atoms with Crippen LogP contribution < -0.4 is 14.5 Å². The summed E-state index contributed by atoms with van der Waals surface area (Å²) in [6, 6.07) is 14.5. The van der Waals surface area contributed by atoms with Gasteiger partial charge in [0.25, 0.3) is 5.91 Å². The first-order chi connectivity index (χ1) is 12.7. The van der Waals surface area contributed by atoms with Gasteiger partial charge in [-0.2, -0.15) is 5.10 Å². The first-order valence-corrected chi connectivity index (χ1v) is 10.1. The van der Waals surface area contributed by atoms with E-state index in [1.807, 2.05) is 37.3 Å². The molecule has 0 saturated heterocycles. The molecule has 0 fully saturated rings. The first-order valence-electron chi connectivity index (χ1n) is 8.23. The van der Waals surface area contributed by atoms with E-state index in [0.717, 1.165) is 21.7 Å². The van der Waals surface area contributed by atoms with Gasteiger partial charge < -0.3 is 4.74 Å². The van der Waals surface area contributed by atoms with Gasteiger partial charge in [-0.15, -0.1) is 0 Å². The van der Waals surface area contributed by atoms with Crippen LogP contribution in [0.2, 0.25) is 0 Å². The molecule has 0 heterocycles. The van der Waals surface area contributed by atoms with Crippen LogP contribution in [0.25, 0.3) is 0 Å². The maximum atomic E-state index is 12.3. The van der Waals surface area contributed by atoms with Crippen LogP contribution in [0.4, 0.5) is 5.69 Å². The Balaban J connectivity index is 2.23. The number of rotatable bonds is 7. The molecule has 0 aliphatic rings. The van der Waals surface area contributed by atoms with E-state index >= 15 is 0 Å². The van der Waals surface area contributed by atoms with E-state index in [9.17, 15) is 13.2 Å². The number of nitrogens with zero attached hydrogens (tertiary/aromatic N) is 2. The number of aryl methyl sites for hydroxylation is 1. The quantitative estimate of drug-likeness (QED) is 0.581. The summed E-state index contributed by atoms with van der Waals surface area (Å²) in [5.74, 6) is -0.193. The average molecular weight is 389 g/mol. The third-order valence-electron chi connectivity index (χ3n) is 3.83. The molecular formula is C19H23N3O4S. The van der Waals surface area contributed by atoms with Gasteiger partial charge in [-0.1, -0.05) is 36.4 Å². The van der Waals surface area contributed by atoms with Crippen LogP contribution in [0.15, 0.2) is 53.6 Å². The van der Waals surface area contributed by atoms with Crippen molar-refractivity contribution in [1.29, 1.82) is 0 Å². The van der Waals surface area contributed by atoms with Gasteiger partial charge in [0, 0.05) is 0 Å². The Bertz CT molecular complexity index is 941. The van der Waals surface area contributed by atoms with E-state index in [2.05, 4.69) is 10.5 Å². The summed E-state index contributed by atoms with van der Waals surface area (Å²) in [5, 5.41) is 4.05. The molecule has 0 bridgehead atoms. The zero-order chi connectivity index (χ0) is 20.0. The van der Waals surface area contributed by atoms with Gasteiger partial charge in [-0.3, -0.25) is 9.10 Å². The van der Waals surface area contributed by atoms with E-state index < -0.39 is 22.5 Å². The van der Waals surface area contributed by atoms with Crippen molar-refractivity contribution in [3.8, 4) is 5.75 Å². The Hall–Kier alpha value is -2.87. The number of carbonyl (C=O) groups excluding carboxylic acids is 1. The van der Waals surface area contributed by atoms with Gasteiger partial charge in [0.05, 0.1) is 24.8 Å². The number of anilines is 1. The molecule has 0 aromatic heterocycles. The highest BCUT2D eigenvalue weighted by Crippen LogP contribution is 2.30. The maximum Gasteiger partial charge on any atom is 0.260 e. The van der Waals surface area contributed by atoms with Crippen LogP contribution in [-0.2, 0) is 14.8 Å². The summed E-state index contributed by atoms with van der Waals surface area (Å²) in [6.07, 6.45) is 1.04. The van der Waals surface area contributed by atoms with Gasteiger partial charge in [0.15, 0.2) is 0 Å². The van der Waals surface area contributed by atoms with Crippen LogP contribution in [-0.4, -0.2) is 39.9 Å². The number of amides is 1. The number of sulfonamides is 1. The lowest BCUT2D eigenvalue weighted by atomic mass is 10.1. The smallest absolute Gasteiger partial charge is 0.260 e. The lowest BCUT2D eigenvalue weighted by Gasteiger charge is -2.23. The Morgan fingerprint density at radius 3 is 2.44 bits per heavy atom. The molecule has 1 amide bonds. The average Bonchev–Trinajstić information content (AvgIpc) is 2.64. The second kappa shape index (κ2) is 8.68. The fourth-order valence-corrected chi connectivity index (χ4v) is 3.28. The number of hydrogen-bond acceptors (Lipinski definition) is 5. The molecule has 8 heteroatoms. The minimum atomic E-state index is -3.71. The third kappa shape index (κ3) is 5.55. The fraction of sp³-hybridized carbons (Fsp3) is 0.263. The molecule has 2 aromatic rings. The van der Waals surface area contributed by atoms with Crippen molar-refractivity contribution >= 4 is 27.3 Å². The molecule has 2 aromatic carbocycles. The largest absolute Gasteiger partial charge is 0.495 e. The molecule has 2 rings (SSSR count). The van der Waals surface area contributed by atoms with Crippen molar-refractivity contribution in [2.24, 2.45) is 5.10 Å². The van der Waals surface area contributed by atoms with Gasteiger partial charge in [0.2, 0.25) is 10.0 Å². The molecule has 0 saturated carbocycles. The van der Waals surface area contributed by atoms with Crippen molar-refractivity contribution in [3.05, 3.63) is 59.7 Å². The maximum absolute atomic E-state index is 12.3. The number of nitrogens with one attached hydrogen (secondary N) is 1. The van der Waals surface area contributed by atoms with Crippen LogP contribution in [0.3, 0.4) is 0 Å². The molecule has 0 atom stereocenters. The SMILES string of the molecule is COc1ccc(C)cc1N(CC(=O)N/N=C(/C)c1ccccc1)S(C)(=O)=O. The predicted octanol–water partition coefficient (Wildman–Crippen LogP) is 2.31. The number of hydrazone groups is 1. The van der Waals surface area contributed by atoms with E-state index in [-0.39, 0.29) is 0 Å². The number of methoxy groups -OCH3 is 1. The summed E-state index contributed by atoms with van der Waals surface area (Å²) >= 11 is 0. The molecule has 0 spiro atoms. The third-order valence-corrected chi connectivity index (χ3v) is 4.96. The minimum absolute atomic E-state index is 0.305. The standard InChI is InChI=1S/C19H23N3O4S/c1-14-10-11-18(26-3)17(12-14)22(27(4,24)25)13-19(23)21-20-15(2)16-8-6-5-7-9-16/h5-12H,13H2,1-4H3,(H,21,23)/b20-15-. The number of ether oxygens (including phenoxy) is 1. The Morgan fingerprint density at radius 2 is 1.85 bits per heavy atom. The van der Waals surface area contributed by atoms with Crippen LogP contribution in [0.5, 0.6) is 5.75 Å². The van der Waals surface area contributed by atoms with Crippen molar-refractivity contribution in [1.82, 2.24) is 5.43 Å². The second-order valence-electron chi connectivity index (χ2n) is 6.04. The zero-order valence-electron chi connectivity index (χ0n) is 15.8. The number of carbonyl (C=O) groups is 1. The topological polar surface area (TPSA) is 88.1 Å². The summed E-state index contributed by atoms with van der Waals surface area (Å²) < 4.78 is 30.8. The summed E-state index contributed by atoms with van der Waals surface area (Å²) in [6.45, 7) is 3.18. The van der Waals surface area contributed by atoms with Crippen molar-refractivity contribution in [2.75, 3.05) is 24.2 Å². The summed E-state index contributed by atoms with van der Waals surface area (Å²) in [7, 11) is -2.26. The van der Waals surface area contributed by atoms with Gasteiger partial charge >= 0.3 is 0 Å². The zero-order valence-corrected chi connectivity index (χ0v) is 16.6. The van der Waals surface area contributed by atoms with Crippen LogP contribution in [0.1, 0.15) is 18.1 Å². The van der Waals surface area contributed by atoms with E-state index in [1.54, 1.807) is 25.1 Å². The molecule has 144 valence electrons. The Morgan fingerprint density at radius 1 is 1.19 bits per heavy atom. The van der Waals surface area contributed by atoms with Gasteiger partial charge in [0.1, 0.15) is 12.3 Å². The molecule has 27 heavy (non-hydrogen) atoms. The molecule has 0 aliphatic carbocycles. The molecule has 0 aliphatic heterocycles. The van der Waals surface area contributed by atoms with Crippen LogP contribution >= 0.6 is 0 Å². The molecular weight excluding hydrogens is 366 g/mol.